The lowest BCUT2D eigenvalue weighted by Crippen LogP contribution is -2.46. The summed E-state index contributed by atoms with van der Waals surface area (Å²) in [4.78, 5) is 55.4. The average molecular weight is 839 g/mol. The van der Waals surface area contributed by atoms with Crippen LogP contribution in [0.1, 0.15) is 91.1 Å². The first kappa shape index (κ1) is 47.6. The Balaban J connectivity index is 1.93. The number of benzene rings is 2. The van der Waals surface area contributed by atoms with Gasteiger partial charge in [0.2, 0.25) is 0 Å². The van der Waals surface area contributed by atoms with Gasteiger partial charge in [0.1, 0.15) is 23.4 Å². The van der Waals surface area contributed by atoms with Crippen molar-refractivity contribution in [3.8, 4) is 23.0 Å². The van der Waals surface area contributed by atoms with Crippen molar-refractivity contribution in [3.63, 3.8) is 0 Å². The largest absolute Gasteiger partial charge is 0.507 e. The molecule has 2 aromatic carbocycles. The van der Waals surface area contributed by atoms with E-state index in [1.54, 1.807) is 44.7 Å². The summed E-state index contributed by atoms with van der Waals surface area (Å²) in [7, 11) is 1.44. The third-order valence-electron chi connectivity index (χ3n) is 11.7. The molecule has 2 amide bonds. The van der Waals surface area contributed by atoms with Crippen LogP contribution in [0.25, 0.3) is 10.8 Å². The summed E-state index contributed by atoms with van der Waals surface area (Å²) in [6.45, 7) is 16.9. The van der Waals surface area contributed by atoms with Crippen molar-refractivity contribution in [3.05, 3.63) is 53.3 Å². The zero-order chi connectivity index (χ0) is 44.8. The molecule has 330 valence electrons. The van der Waals surface area contributed by atoms with Crippen LogP contribution in [0.4, 0.5) is 5.69 Å². The molecule has 0 aliphatic carbocycles. The molecule has 60 heavy (non-hydrogen) atoms. The van der Waals surface area contributed by atoms with Gasteiger partial charge >= 0.3 is 11.8 Å². The fourth-order valence-electron chi connectivity index (χ4n) is 7.79. The quantitative estimate of drug-likeness (QED) is 0.144. The van der Waals surface area contributed by atoms with Crippen molar-refractivity contribution in [1.29, 1.82) is 0 Å². The molecule has 9 atom stereocenters. The normalized spacial score (nSPS) is 29.5. The number of Topliss-reactive ketones (excluding diaryl/α,β-unsaturated/α-hetero) is 1. The highest BCUT2D eigenvalue weighted by Gasteiger charge is 2.49. The molecule has 5 N–H and O–H groups in total. The highest BCUT2D eigenvalue weighted by molar-refractivity contribution is 6.21. The Morgan fingerprint density at radius 3 is 2.27 bits per heavy atom. The number of aliphatic hydroxyl groups excluding tert-OH is 2. The van der Waals surface area contributed by atoms with Crippen molar-refractivity contribution < 1.29 is 63.3 Å². The van der Waals surface area contributed by atoms with E-state index in [0.717, 1.165) is 12.8 Å². The van der Waals surface area contributed by atoms with E-state index in [9.17, 15) is 39.6 Å². The number of ketones is 1. The van der Waals surface area contributed by atoms with Gasteiger partial charge in [-0.1, -0.05) is 59.3 Å². The average Bonchev–Trinajstić information content (AvgIpc) is 3.48. The van der Waals surface area contributed by atoms with E-state index in [0.29, 0.717) is 13.1 Å². The lowest BCUT2D eigenvalue weighted by molar-refractivity contribution is -0.160. The Hall–Kier alpha value is -5.12. The second-order valence-electron chi connectivity index (χ2n) is 16.0. The van der Waals surface area contributed by atoms with Gasteiger partial charge in [-0.3, -0.25) is 19.2 Å². The number of allylic oxidation sites excluding steroid dienone is 2. The van der Waals surface area contributed by atoms with Crippen molar-refractivity contribution in [2.75, 3.05) is 32.1 Å². The number of aromatic hydroxyl groups is 2. The maximum Gasteiger partial charge on any atom is 0.312 e. The van der Waals surface area contributed by atoms with E-state index in [2.05, 4.69) is 5.32 Å². The molecule has 0 saturated carbocycles. The van der Waals surface area contributed by atoms with E-state index in [1.165, 1.54) is 59.3 Å². The maximum absolute atomic E-state index is 14.5. The van der Waals surface area contributed by atoms with Crippen molar-refractivity contribution >= 4 is 40.0 Å². The molecule has 0 radical (unpaired) electrons. The smallest absolute Gasteiger partial charge is 0.312 e. The van der Waals surface area contributed by atoms with Crippen LogP contribution in [-0.4, -0.2) is 106 Å². The van der Waals surface area contributed by atoms with Gasteiger partial charge in [0.25, 0.3) is 17.6 Å². The maximum atomic E-state index is 14.5. The number of phenolic OH excluding ortho intramolecular Hbond substituents is 2. The van der Waals surface area contributed by atoms with Gasteiger partial charge < -0.3 is 54.3 Å². The lowest BCUT2D eigenvalue weighted by Gasteiger charge is -2.38. The second kappa shape index (κ2) is 20.0. The minimum atomic E-state index is -2.02. The van der Waals surface area contributed by atoms with E-state index >= 15 is 0 Å². The Morgan fingerprint density at radius 1 is 0.967 bits per heavy atom. The number of anilines is 1. The molecule has 15 heteroatoms. The molecule has 0 saturated heterocycles. The minimum Gasteiger partial charge on any atom is -0.507 e. The van der Waals surface area contributed by atoms with Crippen LogP contribution < -0.4 is 14.8 Å². The number of carbonyl (C=O) groups is 4. The minimum absolute atomic E-state index is 0.0533. The molecule has 2 aromatic rings. The third-order valence-corrected chi connectivity index (χ3v) is 11.7. The standard InChI is InChI=1S/C45H62N2O13/c1-12-14-19-47(13-2)33(49)22-57-32-21-30-40(53)35-34(32)36-42(28(8)39(35)52)60-45(10,43(36)54)58-20-18-31(56-11)25(5)41(59-29(9)48)27(7)38(51)26(6)37(50)23(3)16-15-17-24(4)44(55)46-30/h15-18,20-21,23,25-27,31,37-38,41,50-53H,12-14,19,22H2,1-11H3,(H,46,55)/b16-15-,20-18-,24-17-. The van der Waals surface area contributed by atoms with Gasteiger partial charge in [-0.25, -0.2) is 0 Å². The fraction of sp³-hybridized carbons (Fsp3) is 0.556. The Labute approximate surface area is 352 Å². The fourth-order valence-corrected chi connectivity index (χ4v) is 7.79. The monoisotopic (exact) mass is 838 g/mol. The number of hydrogen-bond donors (Lipinski definition) is 5. The van der Waals surface area contributed by atoms with Crippen LogP contribution in [0.2, 0.25) is 0 Å². The summed E-state index contributed by atoms with van der Waals surface area (Å²) >= 11 is 0. The number of likely N-dealkylation sites (N-methyl/N-ethyl adjacent to an activating group) is 1. The molecule has 0 aromatic heterocycles. The summed E-state index contributed by atoms with van der Waals surface area (Å²) in [5.74, 6) is -7.96. The predicted octanol–water partition coefficient (Wildman–Crippen LogP) is 6.08. The SMILES string of the molecule is CCCCN(CC)C(=O)COc1cc2c(O)c3c(O)c(C)c4c(c13)C(=O)C(C)(O/C=C\C(OC)C(C)C(OC(C)=O)C(C)C(O)C(C)C(O)C(C)/C=C\C=C(\C)C(=O)N2)O4. The zero-order valence-corrected chi connectivity index (χ0v) is 36.5. The van der Waals surface area contributed by atoms with Crippen LogP contribution in [-0.2, 0) is 28.6 Å². The highest BCUT2D eigenvalue weighted by atomic mass is 16.7. The number of carbonyl (C=O) groups excluding carboxylic acids is 4. The van der Waals surface area contributed by atoms with Crippen LogP contribution >= 0.6 is 0 Å². The number of fused-ring (bicyclic) bond motifs is 14. The molecule has 3 aliphatic rings. The number of esters is 1. The van der Waals surface area contributed by atoms with Gasteiger partial charge in [-0.2, -0.15) is 0 Å². The van der Waals surface area contributed by atoms with E-state index in [4.69, 9.17) is 23.7 Å². The first-order valence-electron chi connectivity index (χ1n) is 20.5. The van der Waals surface area contributed by atoms with Gasteiger partial charge in [0.15, 0.2) is 12.4 Å². The van der Waals surface area contributed by atoms with Crippen molar-refractivity contribution in [1.82, 2.24) is 4.90 Å². The third kappa shape index (κ3) is 9.90. The Bertz CT molecular complexity index is 2030. The van der Waals surface area contributed by atoms with Gasteiger partial charge in [-0.05, 0) is 33.3 Å². The number of amides is 2. The van der Waals surface area contributed by atoms with Crippen molar-refractivity contribution in [2.45, 2.75) is 112 Å². The molecule has 9 unspecified atom stereocenters. The van der Waals surface area contributed by atoms with Crippen molar-refractivity contribution in [2.24, 2.45) is 23.7 Å². The molecule has 15 nitrogen and oxygen atoms in total. The zero-order valence-electron chi connectivity index (χ0n) is 36.5. The number of ether oxygens (including phenoxy) is 5. The van der Waals surface area contributed by atoms with Crippen LogP contribution in [0.15, 0.2) is 42.2 Å². The molecule has 0 spiro atoms. The van der Waals surface area contributed by atoms with E-state index < -0.39 is 89.6 Å². The molecule has 3 heterocycles. The summed E-state index contributed by atoms with van der Waals surface area (Å²) in [5, 5.41) is 48.6. The van der Waals surface area contributed by atoms with Crippen LogP contribution in [0.5, 0.6) is 23.0 Å². The number of phenols is 2. The molecular weight excluding hydrogens is 776 g/mol. The lowest BCUT2D eigenvalue weighted by atomic mass is 9.78. The van der Waals surface area contributed by atoms with Gasteiger partial charge in [0, 0.05) is 80.3 Å². The molecule has 5 bridgehead atoms. The number of aliphatic hydroxyl groups is 2. The topological polar surface area (TPSA) is 211 Å². The highest BCUT2D eigenvalue weighted by Crippen LogP contribution is 2.54. The van der Waals surface area contributed by atoms with Gasteiger partial charge in [0.05, 0.1) is 41.2 Å². The number of rotatable bonds is 9. The first-order chi connectivity index (χ1) is 28.2. The number of nitrogens with zero attached hydrogens (tertiary/aromatic N) is 1. The number of methoxy groups -OCH3 is 1. The molecule has 3 aliphatic heterocycles. The molecule has 5 rings (SSSR count). The van der Waals surface area contributed by atoms with Gasteiger partial charge in [-0.15, -0.1) is 0 Å². The summed E-state index contributed by atoms with van der Waals surface area (Å²) in [6.07, 6.45) is 5.26. The number of hydrogen-bond acceptors (Lipinski definition) is 13. The summed E-state index contributed by atoms with van der Waals surface area (Å²) < 4.78 is 29.8. The van der Waals surface area contributed by atoms with Crippen LogP contribution in [0.3, 0.4) is 0 Å². The second-order valence-corrected chi connectivity index (χ2v) is 16.0. The van der Waals surface area contributed by atoms with E-state index in [-0.39, 0.29) is 50.6 Å². The Morgan fingerprint density at radius 2 is 1.65 bits per heavy atom. The Kier molecular flexibility index (Phi) is 15.8. The van der Waals surface area contributed by atoms with Crippen LogP contribution in [0, 0.1) is 30.6 Å². The number of unbranched alkanes of at least 4 members (excludes halogenated alkanes) is 1. The molecular formula is C45H62N2O13. The van der Waals surface area contributed by atoms with E-state index in [1.807, 2.05) is 13.8 Å². The summed E-state index contributed by atoms with van der Waals surface area (Å²) in [5.41, 5.74) is 0.00765. The summed E-state index contributed by atoms with van der Waals surface area (Å²) in [6, 6.07) is 1.28. The predicted molar refractivity (Wildman–Crippen MR) is 225 cm³/mol. The molecule has 0 fully saturated rings. The first-order valence-corrected chi connectivity index (χ1v) is 20.5. The number of nitrogens with one attached hydrogen (secondary N) is 1.